The highest BCUT2D eigenvalue weighted by molar-refractivity contribution is 5.94. The number of nitrogens with one attached hydrogen (secondary N) is 1. The van der Waals surface area contributed by atoms with Crippen LogP contribution >= 0.6 is 0 Å². The fraction of sp³-hybridized carbons (Fsp3) is 0.176. The third-order valence-electron chi connectivity index (χ3n) is 4.03. The lowest BCUT2D eigenvalue weighted by molar-refractivity contribution is -0.116. The van der Waals surface area contributed by atoms with Crippen LogP contribution < -0.4 is 5.32 Å². The van der Waals surface area contributed by atoms with Crippen LogP contribution in [0.15, 0.2) is 53.3 Å². The highest BCUT2D eigenvalue weighted by Gasteiger charge is 2.30. The van der Waals surface area contributed by atoms with Gasteiger partial charge in [-0.25, -0.2) is 9.07 Å². The highest BCUT2D eigenvalue weighted by Crippen LogP contribution is 2.37. The van der Waals surface area contributed by atoms with Gasteiger partial charge in [0.15, 0.2) is 0 Å². The van der Waals surface area contributed by atoms with E-state index in [1.54, 1.807) is 29.3 Å². The molecule has 1 atom stereocenters. The lowest BCUT2D eigenvalue weighted by Crippen LogP contribution is -2.25. The van der Waals surface area contributed by atoms with Crippen LogP contribution in [0.25, 0.3) is 0 Å². The first-order valence-electron chi connectivity index (χ1n) is 7.34. The molecule has 1 amide bonds. The molecule has 4 rings (SSSR count). The van der Waals surface area contributed by atoms with Gasteiger partial charge in [-0.2, -0.15) is 5.10 Å². The number of hydrogen-bond donors (Lipinski definition) is 1. The average molecular weight is 311 g/mol. The standard InChI is InChI=1S/C17H14FN3O2/c18-12-4-1-3-11(7-12)14-8-16(22)20-17-15(14)9-19-21(17)10-13-5-2-6-23-13/h1-7,9,14H,8,10H2,(H,20,22)/t14-/m0/s1. The number of nitrogens with zero attached hydrogens (tertiary/aromatic N) is 2. The molecule has 0 aliphatic carbocycles. The van der Waals surface area contributed by atoms with Crippen LogP contribution in [-0.4, -0.2) is 15.7 Å². The molecule has 0 saturated carbocycles. The van der Waals surface area contributed by atoms with Crippen molar-refractivity contribution >= 4 is 11.7 Å². The van der Waals surface area contributed by atoms with E-state index in [4.69, 9.17) is 4.42 Å². The summed E-state index contributed by atoms with van der Waals surface area (Å²) in [4.78, 5) is 12.1. The predicted molar refractivity (Wildman–Crippen MR) is 81.5 cm³/mol. The van der Waals surface area contributed by atoms with Gasteiger partial charge in [0.25, 0.3) is 0 Å². The molecule has 1 aliphatic heterocycles. The second kappa shape index (κ2) is 5.39. The summed E-state index contributed by atoms with van der Waals surface area (Å²) in [6.45, 7) is 0.429. The molecule has 1 aliphatic rings. The van der Waals surface area contributed by atoms with Crippen LogP contribution in [0.4, 0.5) is 10.2 Å². The molecule has 0 radical (unpaired) electrons. The van der Waals surface area contributed by atoms with Crippen molar-refractivity contribution in [1.82, 2.24) is 9.78 Å². The number of halogens is 1. The first-order valence-corrected chi connectivity index (χ1v) is 7.34. The Morgan fingerprint density at radius 3 is 3.04 bits per heavy atom. The minimum absolute atomic E-state index is 0.104. The summed E-state index contributed by atoms with van der Waals surface area (Å²) in [7, 11) is 0. The van der Waals surface area contributed by atoms with Crippen LogP contribution in [-0.2, 0) is 11.3 Å². The maximum atomic E-state index is 13.5. The Kier molecular flexibility index (Phi) is 3.22. The van der Waals surface area contributed by atoms with Crippen LogP contribution in [0.1, 0.15) is 29.2 Å². The second-order valence-corrected chi connectivity index (χ2v) is 5.55. The van der Waals surface area contributed by atoms with E-state index >= 15 is 0 Å². The average Bonchev–Trinajstić information content (AvgIpc) is 3.18. The number of carbonyl (C=O) groups is 1. The van der Waals surface area contributed by atoms with Gasteiger partial charge < -0.3 is 9.73 Å². The lowest BCUT2D eigenvalue weighted by Gasteiger charge is -2.23. The van der Waals surface area contributed by atoms with Crippen LogP contribution in [0.2, 0.25) is 0 Å². The monoisotopic (exact) mass is 311 g/mol. The zero-order valence-corrected chi connectivity index (χ0v) is 12.2. The third kappa shape index (κ3) is 2.52. The van der Waals surface area contributed by atoms with Crippen molar-refractivity contribution in [2.75, 3.05) is 5.32 Å². The number of amides is 1. The number of rotatable bonds is 3. The Balaban J connectivity index is 1.73. The fourth-order valence-corrected chi connectivity index (χ4v) is 2.96. The van der Waals surface area contributed by atoms with Crippen LogP contribution in [0.5, 0.6) is 0 Å². The number of hydrogen-bond acceptors (Lipinski definition) is 3. The van der Waals surface area contributed by atoms with Gasteiger partial charge >= 0.3 is 0 Å². The van der Waals surface area contributed by atoms with Crippen molar-refractivity contribution in [1.29, 1.82) is 0 Å². The number of furan rings is 1. The van der Waals surface area contributed by atoms with E-state index in [9.17, 15) is 9.18 Å². The molecule has 0 fully saturated rings. The summed E-state index contributed by atoms with van der Waals surface area (Å²) in [5.74, 6) is 0.788. The summed E-state index contributed by atoms with van der Waals surface area (Å²) in [6, 6.07) is 10.0. The predicted octanol–water partition coefficient (Wildman–Crippen LogP) is 3.14. The molecule has 0 spiro atoms. The van der Waals surface area contributed by atoms with E-state index in [0.717, 1.165) is 16.9 Å². The Bertz CT molecular complexity index is 855. The van der Waals surface area contributed by atoms with E-state index in [1.165, 1.54) is 12.1 Å². The smallest absolute Gasteiger partial charge is 0.226 e. The molecule has 0 unspecified atom stereocenters. The van der Waals surface area contributed by atoms with E-state index in [0.29, 0.717) is 12.4 Å². The maximum absolute atomic E-state index is 13.5. The summed E-state index contributed by atoms with van der Waals surface area (Å²) in [5.41, 5.74) is 1.67. The van der Waals surface area contributed by atoms with Gasteiger partial charge in [-0.3, -0.25) is 4.79 Å². The van der Waals surface area contributed by atoms with Crippen molar-refractivity contribution < 1.29 is 13.6 Å². The first kappa shape index (κ1) is 13.8. The number of aromatic nitrogens is 2. The lowest BCUT2D eigenvalue weighted by atomic mass is 9.87. The molecule has 1 aromatic carbocycles. The maximum Gasteiger partial charge on any atom is 0.226 e. The van der Waals surface area contributed by atoms with E-state index < -0.39 is 0 Å². The molecule has 2 aromatic heterocycles. The quantitative estimate of drug-likeness (QED) is 0.808. The molecular weight excluding hydrogens is 297 g/mol. The largest absolute Gasteiger partial charge is 0.467 e. The van der Waals surface area contributed by atoms with Gasteiger partial charge in [0.05, 0.1) is 12.5 Å². The zero-order chi connectivity index (χ0) is 15.8. The van der Waals surface area contributed by atoms with E-state index in [1.807, 2.05) is 12.1 Å². The minimum atomic E-state index is -0.307. The molecule has 3 aromatic rings. The van der Waals surface area contributed by atoms with Gasteiger partial charge in [0, 0.05) is 17.9 Å². The molecule has 5 nitrogen and oxygen atoms in total. The minimum Gasteiger partial charge on any atom is -0.467 e. The SMILES string of the molecule is O=C1C[C@@H](c2cccc(F)c2)c2cnn(Cc3ccco3)c2N1. The molecule has 3 heterocycles. The zero-order valence-electron chi connectivity index (χ0n) is 12.2. The molecule has 116 valence electrons. The Morgan fingerprint density at radius 2 is 2.26 bits per heavy atom. The third-order valence-corrected chi connectivity index (χ3v) is 4.03. The number of benzene rings is 1. The van der Waals surface area contributed by atoms with Gasteiger partial charge in [0.2, 0.25) is 5.91 Å². The van der Waals surface area contributed by atoms with Gasteiger partial charge in [-0.1, -0.05) is 12.1 Å². The number of anilines is 1. The molecule has 6 heteroatoms. The molecular formula is C17H14FN3O2. The fourth-order valence-electron chi connectivity index (χ4n) is 2.96. The highest BCUT2D eigenvalue weighted by atomic mass is 19.1. The van der Waals surface area contributed by atoms with Gasteiger partial charge in [-0.15, -0.1) is 0 Å². The van der Waals surface area contributed by atoms with Crippen molar-refractivity contribution in [3.63, 3.8) is 0 Å². The molecule has 0 saturated heterocycles. The Morgan fingerprint density at radius 1 is 1.35 bits per heavy atom. The van der Waals surface area contributed by atoms with Crippen LogP contribution in [0.3, 0.4) is 0 Å². The molecule has 0 bridgehead atoms. The molecule has 23 heavy (non-hydrogen) atoms. The van der Waals surface area contributed by atoms with Gasteiger partial charge in [0.1, 0.15) is 23.9 Å². The Labute approximate surface area is 131 Å². The topological polar surface area (TPSA) is 60.1 Å². The van der Waals surface area contributed by atoms with E-state index in [-0.39, 0.29) is 24.1 Å². The molecule has 1 N–H and O–H groups in total. The van der Waals surface area contributed by atoms with Gasteiger partial charge in [-0.05, 0) is 29.8 Å². The second-order valence-electron chi connectivity index (χ2n) is 5.55. The van der Waals surface area contributed by atoms with E-state index in [2.05, 4.69) is 10.4 Å². The Hall–Kier alpha value is -2.89. The van der Waals surface area contributed by atoms with Crippen molar-refractivity contribution in [3.8, 4) is 0 Å². The summed E-state index contributed by atoms with van der Waals surface area (Å²) < 4.78 is 20.5. The summed E-state index contributed by atoms with van der Waals surface area (Å²) >= 11 is 0. The van der Waals surface area contributed by atoms with Crippen LogP contribution in [0, 0.1) is 5.82 Å². The van der Waals surface area contributed by atoms with Crippen molar-refractivity contribution in [2.24, 2.45) is 0 Å². The normalized spacial score (nSPS) is 16.9. The summed E-state index contributed by atoms with van der Waals surface area (Å²) in [5, 5.41) is 7.21. The van der Waals surface area contributed by atoms with Crippen molar-refractivity contribution in [2.45, 2.75) is 18.9 Å². The number of fused-ring (bicyclic) bond motifs is 1. The summed E-state index contributed by atoms with van der Waals surface area (Å²) in [6.07, 6.45) is 3.61. The van der Waals surface area contributed by atoms with Crippen molar-refractivity contribution in [3.05, 3.63) is 71.6 Å². The first-order chi connectivity index (χ1) is 11.2. The number of carbonyl (C=O) groups excluding carboxylic acids is 1.